The summed E-state index contributed by atoms with van der Waals surface area (Å²) in [5.41, 5.74) is 8.25. The smallest absolute Gasteiger partial charge is 0.0511 e. The standard InChI is InChI=1S/C15H20N2S/c1-10-4-5-11(2)13(8-10)9-15(17-16)14-6-7-18-12(14)3/h4-8,15,17H,9,16H2,1-3H3. The second kappa shape index (κ2) is 5.65. The maximum absolute atomic E-state index is 5.72. The van der Waals surface area contributed by atoms with E-state index in [1.54, 1.807) is 11.3 Å². The van der Waals surface area contributed by atoms with Crippen molar-refractivity contribution in [3.05, 3.63) is 56.8 Å². The summed E-state index contributed by atoms with van der Waals surface area (Å²) in [4.78, 5) is 1.34. The van der Waals surface area contributed by atoms with Gasteiger partial charge in [0.1, 0.15) is 0 Å². The summed E-state index contributed by atoms with van der Waals surface area (Å²) in [6, 6.07) is 8.94. The zero-order chi connectivity index (χ0) is 13.1. The SMILES string of the molecule is Cc1ccc(C)c(CC(NN)c2ccsc2C)c1. The van der Waals surface area contributed by atoms with Crippen LogP contribution in [0.2, 0.25) is 0 Å². The fraction of sp³-hybridized carbons (Fsp3) is 0.333. The Morgan fingerprint density at radius 3 is 2.61 bits per heavy atom. The molecule has 0 spiro atoms. The van der Waals surface area contributed by atoms with E-state index >= 15 is 0 Å². The number of benzene rings is 1. The molecule has 0 saturated carbocycles. The van der Waals surface area contributed by atoms with Gasteiger partial charge < -0.3 is 0 Å². The molecule has 0 fully saturated rings. The minimum absolute atomic E-state index is 0.191. The van der Waals surface area contributed by atoms with E-state index in [1.807, 2.05) is 0 Å². The number of nitrogens with two attached hydrogens (primary N) is 1. The predicted molar refractivity (Wildman–Crippen MR) is 78.7 cm³/mol. The van der Waals surface area contributed by atoms with Crippen LogP contribution in [-0.2, 0) is 6.42 Å². The minimum Gasteiger partial charge on any atom is -0.271 e. The van der Waals surface area contributed by atoms with Crippen molar-refractivity contribution in [2.45, 2.75) is 33.2 Å². The molecule has 3 N–H and O–H groups in total. The molecule has 3 heteroatoms. The molecule has 0 amide bonds. The summed E-state index contributed by atoms with van der Waals surface area (Å²) in [6.07, 6.45) is 0.932. The Kier molecular flexibility index (Phi) is 4.17. The Labute approximate surface area is 113 Å². The van der Waals surface area contributed by atoms with Crippen LogP contribution in [0.15, 0.2) is 29.6 Å². The Morgan fingerprint density at radius 1 is 1.22 bits per heavy atom. The molecule has 1 unspecified atom stereocenters. The van der Waals surface area contributed by atoms with Gasteiger partial charge in [0.2, 0.25) is 0 Å². The minimum atomic E-state index is 0.191. The van der Waals surface area contributed by atoms with Gasteiger partial charge in [-0.2, -0.15) is 0 Å². The molecule has 0 bridgehead atoms. The third-order valence-electron chi connectivity index (χ3n) is 3.40. The first-order valence-corrected chi connectivity index (χ1v) is 7.06. The molecule has 0 radical (unpaired) electrons. The zero-order valence-electron chi connectivity index (χ0n) is 11.2. The first kappa shape index (κ1) is 13.3. The summed E-state index contributed by atoms with van der Waals surface area (Å²) < 4.78 is 0. The third-order valence-corrected chi connectivity index (χ3v) is 4.27. The fourth-order valence-corrected chi connectivity index (χ4v) is 3.02. The van der Waals surface area contributed by atoms with Crippen LogP contribution < -0.4 is 11.3 Å². The van der Waals surface area contributed by atoms with Crippen molar-refractivity contribution in [2.75, 3.05) is 0 Å². The molecule has 0 aliphatic heterocycles. The van der Waals surface area contributed by atoms with E-state index < -0.39 is 0 Å². The lowest BCUT2D eigenvalue weighted by Gasteiger charge is -2.18. The fourth-order valence-electron chi connectivity index (χ4n) is 2.26. The Balaban J connectivity index is 2.26. The summed E-state index contributed by atoms with van der Waals surface area (Å²) in [5.74, 6) is 5.72. The van der Waals surface area contributed by atoms with Gasteiger partial charge in [0.15, 0.2) is 0 Å². The topological polar surface area (TPSA) is 38.0 Å². The van der Waals surface area contributed by atoms with E-state index in [2.05, 4.69) is 55.8 Å². The average molecular weight is 260 g/mol. The highest BCUT2D eigenvalue weighted by Gasteiger charge is 2.14. The predicted octanol–water partition coefficient (Wildman–Crippen LogP) is 3.42. The molecule has 0 aliphatic carbocycles. The number of rotatable bonds is 4. The van der Waals surface area contributed by atoms with Crippen molar-refractivity contribution in [2.24, 2.45) is 5.84 Å². The highest BCUT2D eigenvalue weighted by Crippen LogP contribution is 2.26. The normalized spacial score (nSPS) is 12.7. The van der Waals surface area contributed by atoms with Crippen LogP contribution in [0.3, 0.4) is 0 Å². The molecule has 2 nitrogen and oxygen atoms in total. The van der Waals surface area contributed by atoms with E-state index in [9.17, 15) is 0 Å². The van der Waals surface area contributed by atoms with Gasteiger partial charge in [-0.3, -0.25) is 11.3 Å². The van der Waals surface area contributed by atoms with Gasteiger partial charge >= 0.3 is 0 Å². The van der Waals surface area contributed by atoms with E-state index in [4.69, 9.17) is 5.84 Å². The van der Waals surface area contributed by atoms with Crippen molar-refractivity contribution < 1.29 is 0 Å². The first-order valence-electron chi connectivity index (χ1n) is 6.18. The lowest BCUT2D eigenvalue weighted by atomic mass is 9.95. The van der Waals surface area contributed by atoms with Crippen LogP contribution in [0.1, 0.15) is 33.2 Å². The first-order chi connectivity index (χ1) is 8.61. The summed E-state index contributed by atoms with van der Waals surface area (Å²) in [5, 5.41) is 2.12. The molecule has 2 rings (SSSR count). The van der Waals surface area contributed by atoms with Crippen LogP contribution in [0.25, 0.3) is 0 Å². The third kappa shape index (κ3) is 2.80. The Hall–Kier alpha value is -1.16. The molecular weight excluding hydrogens is 240 g/mol. The molecule has 96 valence electrons. The highest BCUT2D eigenvalue weighted by atomic mass is 32.1. The second-order valence-electron chi connectivity index (χ2n) is 4.79. The van der Waals surface area contributed by atoms with Gasteiger partial charge in [-0.15, -0.1) is 11.3 Å². The molecule has 2 aromatic rings. The van der Waals surface area contributed by atoms with Gasteiger partial charge in [0, 0.05) is 4.88 Å². The van der Waals surface area contributed by atoms with Crippen LogP contribution in [0, 0.1) is 20.8 Å². The highest BCUT2D eigenvalue weighted by molar-refractivity contribution is 7.10. The van der Waals surface area contributed by atoms with Gasteiger partial charge in [-0.1, -0.05) is 23.8 Å². The average Bonchev–Trinajstić information content (AvgIpc) is 2.77. The van der Waals surface area contributed by atoms with Crippen molar-refractivity contribution >= 4 is 11.3 Å². The summed E-state index contributed by atoms with van der Waals surface area (Å²) in [7, 11) is 0. The molecule has 18 heavy (non-hydrogen) atoms. The van der Waals surface area contributed by atoms with Crippen LogP contribution in [0.5, 0.6) is 0 Å². The molecule has 0 saturated heterocycles. The van der Waals surface area contributed by atoms with E-state index in [0.29, 0.717) is 0 Å². The van der Waals surface area contributed by atoms with Crippen molar-refractivity contribution in [1.82, 2.24) is 5.43 Å². The number of nitrogens with one attached hydrogen (secondary N) is 1. The molecule has 1 heterocycles. The lowest BCUT2D eigenvalue weighted by molar-refractivity contribution is 0.550. The Bertz CT molecular complexity index is 531. The van der Waals surface area contributed by atoms with Crippen LogP contribution in [0.4, 0.5) is 0 Å². The van der Waals surface area contributed by atoms with Gasteiger partial charge in [-0.05, 0) is 55.3 Å². The second-order valence-corrected chi connectivity index (χ2v) is 5.91. The zero-order valence-corrected chi connectivity index (χ0v) is 12.0. The van der Waals surface area contributed by atoms with E-state index in [0.717, 1.165) is 6.42 Å². The summed E-state index contributed by atoms with van der Waals surface area (Å²) in [6.45, 7) is 6.43. The number of aryl methyl sites for hydroxylation is 3. The monoisotopic (exact) mass is 260 g/mol. The van der Waals surface area contributed by atoms with Crippen LogP contribution in [-0.4, -0.2) is 0 Å². The van der Waals surface area contributed by atoms with Gasteiger partial charge in [0.05, 0.1) is 6.04 Å². The largest absolute Gasteiger partial charge is 0.271 e. The lowest BCUT2D eigenvalue weighted by Crippen LogP contribution is -2.29. The van der Waals surface area contributed by atoms with Crippen molar-refractivity contribution in [3.8, 4) is 0 Å². The number of hydrogen-bond donors (Lipinski definition) is 2. The number of hydrogen-bond acceptors (Lipinski definition) is 3. The Morgan fingerprint density at radius 2 is 2.00 bits per heavy atom. The quantitative estimate of drug-likeness (QED) is 0.653. The molecule has 1 atom stereocenters. The maximum Gasteiger partial charge on any atom is 0.0511 e. The maximum atomic E-state index is 5.72. The van der Waals surface area contributed by atoms with E-state index in [-0.39, 0.29) is 6.04 Å². The number of hydrazine groups is 1. The van der Waals surface area contributed by atoms with Crippen molar-refractivity contribution in [3.63, 3.8) is 0 Å². The van der Waals surface area contributed by atoms with E-state index in [1.165, 1.54) is 27.1 Å². The van der Waals surface area contributed by atoms with Crippen molar-refractivity contribution in [1.29, 1.82) is 0 Å². The van der Waals surface area contributed by atoms with Gasteiger partial charge in [-0.25, -0.2) is 0 Å². The molecular formula is C15H20N2S. The number of thiophene rings is 1. The van der Waals surface area contributed by atoms with Crippen LogP contribution >= 0.6 is 11.3 Å². The molecule has 1 aromatic heterocycles. The summed E-state index contributed by atoms with van der Waals surface area (Å²) >= 11 is 1.77. The molecule has 1 aromatic carbocycles. The van der Waals surface area contributed by atoms with Gasteiger partial charge in [0.25, 0.3) is 0 Å². The molecule has 0 aliphatic rings.